The van der Waals surface area contributed by atoms with Crippen molar-refractivity contribution in [1.29, 1.82) is 0 Å². The molecule has 3 heterocycles. The van der Waals surface area contributed by atoms with Crippen LogP contribution in [0.4, 0.5) is 0 Å². The Morgan fingerprint density at radius 2 is 1.90 bits per heavy atom. The van der Waals surface area contributed by atoms with Crippen molar-refractivity contribution in [2.45, 2.75) is 36.8 Å². The van der Waals surface area contributed by atoms with Crippen LogP contribution in [0.25, 0.3) is 0 Å². The molecule has 1 aromatic heterocycles. The molecule has 1 atom stereocenters. The van der Waals surface area contributed by atoms with Gasteiger partial charge >= 0.3 is 0 Å². The molecule has 1 N–H and O–H groups in total. The van der Waals surface area contributed by atoms with Crippen molar-refractivity contribution in [2.24, 2.45) is 5.92 Å². The molecular formula is C24H32N2O2S3. The lowest BCUT2D eigenvalue weighted by molar-refractivity contribution is -0.123. The number of nitrogens with zero attached hydrogens (tertiary/aromatic N) is 1. The molecule has 0 unspecified atom stereocenters. The van der Waals surface area contributed by atoms with Crippen molar-refractivity contribution in [3.63, 3.8) is 0 Å². The molecule has 1 aromatic carbocycles. The largest absolute Gasteiger partial charge is 0.484 e. The number of likely N-dealkylation sites (tertiary alicyclic amines) is 1. The number of carbonyl (C=O) groups is 1. The fourth-order valence-corrected chi connectivity index (χ4v) is 7.80. The maximum Gasteiger partial charge on any atom is 0.258 e. The molecule has 2 aliphatic rings. The summed E-state index contributed by atoms with van der Waals surface area (Å²) in [6.45, 7) is 5.21. The van der Waals surface area contributed by atoms with Gasteiger partial charge in [0, 0.05) is 11.4 Å². The molecule has 0 spiro atoms. The van der Waals surface area contributed by atoms with E-state index in [0.717, 1.165) is 24.8 Å². The van der Waals surface area contributed by atoms with Gasteiger partial charge in [0.15, 0.2) is 6.61 Å². The van der Waals surface area contributed by atoms with Gasteiger partial charge in [-0.25, -0.2) is 0 Å². The van der Waals surface area contributed by atoms with Crippen LogP contribution in [0.3, 0.4) is 0 Å². The second-order valence-electron chi connectivity index (χ2n) is 8.34. The third-order valence-corrected chi connectivity index (χ3v) is 9.96. The van der Waals surface area contributed by atoms with Crippen molar-refractivity contribution >= 4 is 40.8 Å². The van der Waals surface area contributed by atoms with Gasteiger partial charge < -0.3 is 10.1 Å². The molecule has 0 aliphatic carbocycles. The van der Waals surface area contributed by atoms with Crippen LogP contribution < -0.4 is 10.1 Å². The molecule has 31 heavy (non-hydrogen) atoms. The normalized spacial score (nSPS) is 19.8. The van der Waals surface area contributed by atoms with Gasteiger partial charge in [0.2, 0.25) is 0 Å². The van der Waals surface area contributed by atoms with Crippen molar-refractivity contribution in [3.8, 4) is 5.75 Å². The molecular weight excluding hydrogens is 444 g/mol. The van der Waals surface area contributed by atoms with Crippen LogP contribution in [-0.4, -0.2) is 48.6 Å². The lowest BCUT2D eigenvalue weighted by Crippen LogP contribution is -2.42. The highest BCUT2D eigenvalue weighted by Gasteiger charge is 2.25. The number of hydrogen-bond donors (Lipinski definition) is 1. The van der Waals surface area contributed by atoms with Gasteiger partial charge in [-0.3, -0.25) is 9.69 Å². The average Bonchev–Trinajstić information content (AvgIpc) is 3.34. The Balaban J connectivity index is 1.25. The summed E-state index contributed by atoms with van der Waals surface area (Å²) in [5.74, 6) is 3.96. The number of thioether (sulfide) groups is 2. The highest BCUT2D eigenvalue weighted by Crippen LogP contribution is 2.43. The first-order chi connectivity index (χ1) is 15.2. The summed E-state index contributed by atoms with van der Waals surface area (Å²) in [5, 5.41) is 5.23. The fourth-order valence-electron chi connectivity index (χ4n) is 4.04. The highest BCUT2D eigenvalue weighted by atomic mass is 32.2. The fraction of sp³-hybridized carbons (Fsp3) is 0.542. The molecule has 2 aliphatic heterocycles. The zero-order valence-electron chi connectivity index (χ0n) is 18.1. The Bertz CT molecular complexity index is 799. The predicted molar refractivity (Wildman–Crippen MR) is 134 cm³/mol. The minimum absolute atomic E-state index is 0.0560. The van der Waals surface area contributed by atoms with Gasteiger partial charge in [-0.1, -0.05) is 25.1 Å². The van der Waals surface area contributed by atoms with E-state index in [1.165, 1.54) is 41.2 Å². The van der Waals surface area contributed by atoms with Gasteiger partial charge in [0.1, 0.15) is 5.75 Å². The molecule has 7 heteroatoms. The molecule has 0 bridgehead atoms. The van der Waals surface area contributed by atoms with Crippen LogP contribution in [0.1, 0.15) is 47.3 Å². The number of benzene rings is 1. The SMILES string of the molecule is CC1CCN([C@@H](CNC(=O)COc2ccc(C3SCCCS3)cc2)c2cccs2)CC1. The molecule has 2 aromatic rings. The second kappa shape index (κ2) is 11.6. The number of piperidine rings is 1. The van der Waals surface area contributed by atoms with E-state index < -0.39 is 0 Å². The van der Waals surface area contributed by atoms with E-state index in [1.54, 1.807) is 11.3 Å². The van der Waals surface area contributed by atoms with E-state index in [1.807, 2.05) is 35.7 Å². The summed E-state index contributed by atoms with van der Waals surface area (Å²) in [7, 11) is 0. The Hall–Kier alpha value is -1.15. The van der Waals surface area contributed by atoms with Crippen LogP contribution in [0, 0.1) is 5.92 Å². The van der Waals surface area contributed by atoms with Crippen LogP contribution >= 0.6 is 34.9 Å². The smallest absolute Gasteiger partial charge is 0.258 e. The van der Waals surface area contributed by atoms with Gasteiger partial charge in [0.05, 0.1) is 10.6 Å². The Morgan fingerprint density at radius 3 is 2.58 bits per heavy atom. The van der Waals surface area contributed by atoms with E-state index in [0.29, 0.717) is 11.1 Å². The summed E-state index contributed by atoms with van der Waals surface area (Å²) < 4.78 is 6.28. The Morgan fingerprint density at radius 1 is 1.16 bits per heavy atom. The third kappa shape index (κ3) is 6.67. The maximum atomic E-state index is 12.5. The Labute approximate surface area is 198 Å². The van der Waals surface area contributed by atoms with Gasteiger partial charge in [-0.2, -0.15) is 0 Å². The molecule has 2 saturated heterocycles. The van der Waals surface area contributed by atoms with Crippen molar-refractivity contribution in [2.75, 3.05) is 37.7 Å². The summed E-state index contributed by atoms with van der Waals surface area (Å²) in [5.41, 5.74) is 1.33. The van der Waals surface area contributed by atoms with E-state index in [4.69, 9.17) is 4.74 Å². The number of amides is 1. The maximum absolute atomic E-state index is 12.5. The van der Waals surface area contributed by atoms with Crippen LogP contribution in [0.5, 0.6) is 5.75 Å². The predicted octanol–water partition coefficient (Wildman–Crippen LogP) is 5.59. The lowest BCUT2D eigenvalue weighted by Gasteiger charge is -2.36. The molecule has 4 rings (SSSR count). The molecule has 0 saturated carbocycles. The minimum atomic E-state index is -0.0607. The van der Waals surface area contributed by atoms with E-state index in [-0.39, 0.29) is 18.6 Å². The van der Waals surface area contributed by atoms with Crippen LogP contribution in [0.15, 0.2) is 41.8 Å². The van der Waals surface area contributed by atoms with Gasteiger partial charge in [-0.05, 0) is 78.9 Å². The summed E-state index contributed by atoms with van der Waals surface area (Å²) in [4.78, 5) is 16.3. The van der Waals surface area contributed by atoms with Crippen LogP contribution in [-0.2, 0) is 4.79 Å². The average molecular weight is 477 g/mol. The Kier molecular flexibility index (Phi) is 8.64. The van der Waals surface area contributed by atoms with Crippen molar-refractivity contribution in [3.05, 3.63) is 52.2 Å². The number of carbonyl (C=O) groups excluding carboxylic acids is 1. The third-order valence-electron chi connectivity index (χ3n) is 5.97. The zero-order chi connectivity index (χ0) is 21.5. The van der Waals surface area contributed by atoms with E-state index >= 15 is 0 Å². The van der Waals surface area contributed by atoms with E-state index in [2.05, 4.69) is 46.8 Å². The van der Waals surface area contributed by atoms with Gasteiger partial charge in [0.25, 0.3) is 5.91 Å². The summed E-state index contributed by atoms with van der Waals surface area (Å²) in [6, 6.07) is 12.8. The number of ether oxygens (including phenoxy) is 1. The molecule has 168 valence electrons. The number of thiophene rings is 1. The topological polar surface area (TPSA) is 41.6 Å². The number of hydrogen-bond acceptors (Lipinski definition) is 6. The molecule has 0 radical (unpaired) electrons. The summed E-state index contributed by atoms with van der Waals surface area (Å²) in [6.07, 6.45) is 3.76. The first-order valence-electron chi connectivity index (χ1n) is 11.2. The first-order valence-corrected chi connectivity index (χ1v) is 14.2. The van der Waals surface area contributed by atoms with Crippen LogP contribution in [0.2, 0.25) is 0 Å². The second-order valence-corrected chi connectivity index (χ2v) is 12.0. The first kappa shape index (κ1) is 23.0. The molecule has 2 fully saturated rings. The molecule has 4 nitrogen and oxygen atoms in total. The van der Waals surface area contributed by atoms with E-state index in [9.17, 15) is 4.79 Å². The van der Waals surface area contributed by atoms with Crippen molar-refractivity contribution in [1.82, 2.24) is 10.2 Å². The minimum Gasteiger partial charge on any atom is -0.484 e. The zero-order valence-corrected chi connectivity index (χ0v) is 20.6. The lowest BCUT2D eigenvalue weighted by atomic mass is 9.97. The summed E-state index contributed by atoms with van der Waals surface area (Å²) >= 11 is 5.80. The number of nitrogens with one attached hydrogen (secondary N) is 1. The highest BCUT2D eigenvalue weighted by molar-refractivity contribution is 8.16. The quantitative estimate of drug-likeness (QED) is 0.538. The van der Waals surface area contributed by atoms with Gasteiger partial charge in [-0.15, -0.1) is 34.9 Å². The number of rotatable bonds is 8. The standard InChI is InChI=1S/C24H32N2O2S3/c1-18-9-11-26(12-10-18)21(22-4-2-13-29-22)16-25-23(27)17-28-20-7-5-19(6-8-20)24-30-14-3-15-31-24/h2,4-8,13,18,21,24H,3,9-12,14-17H2,1H3,(H,25,27)/t21-/m0/s1. The molecule has 1 amide bonds. The van der Waals surface area contributed by atoms with Crippen molar-refractivity contribution < 1.29 is 9.53 Å². The monoisotopic (exact) mass is 476 g/mol.